The third kappa shape index (κ3) is 4.28. The van der Waals surface area contributed by atoms with Gasteiger partial charge in [0.25, 0.3) is 0 Å². The average Bonchev–Trinajstić information content (AvgIpc) is 3.12. The molecule has 0 aromatic rings. The van der Waals surface area contributed by atoms with Crippen LogP contribution in [0.3, 0.4) is 0 Å². The minimum absolute atomic E-state index is 0.0419. The van der Waals surface area contributed by atoms with Gasteiger partial charge in [-0.25, -0.2) is 0 Å². The van der Waals surface area contributed by atoms with Crippen molar-refractivity contribution in [1.29, 1.82) is 0 Å². The molecule has 4 fully saturated rings. The normalized spacial score (nSPS) is 44.1. The number of ether oxygens (including phenoxy) is 3. The third-order valence-corrected chi connectivity index (χ3v) is 10.8. The first-order valence-corrected chi connectivity index (χ1v) is 13.4. The molecule has 6 heteroatoms. The van der Waals surface area contributed by atoms with E-state index >= 15 is 0 Å². The van der Waals surface area contributed by atoms with E-state index in [0.717, 1.165) is 38.5 Å². The van der Waals surface area contributed by atoms with Gasteiger partial charge >= 0.3 is 17.9 Å². The summed E-state index contributed by atoms with van der Waals surface area (Å²) in [6, 6.07) is 0. The van der Waals surface area contributed by atoms with E-state index in [2.05, 4.69) is 20.8 Å². The minimum atomic E-state index is -0.203. The van der Waals surface area contributed by atoms with Crippen molar-refractivity contribution in [3.63, 3.8) is 0 Å². The fourth-order valence-electron chi connectivity index (χ4n) is 9.32. The van der Waals surface area contributed by atoms with Gasteiger partial charge in [0.2, 0.25) is 0 Å². The molecule has 6 nitrogen and oxygen atoms in total. The van der Waals surface area contributed by atoms with Crippen LogP contribution in [0, 0.1) is 46.3 Å². The Morgan fingerprint density at radius 3 is 2.26 bits per heavy atom. The van der Waals surface area contributed by atoms with E-state index in [1.54, 1.807) is 0 Å². The Hall–Kier alpha value is -1.59. The van der Waals surface area contributed by atoms with Crippen LogP contribution in [0.4, 0.5) is 0 Å². The van der Waals surface area contributed by atoms with Gasteiger partial charge in [-0.2, -0.15) is 0 Å². The molecular weight excluding hydrogens is 432 g/mol. The van der Waals surface area contributed by atoms with E-state index in [9.17, 15) is 14.4 Å². The molecule has 4 aliphatic carbocycles. The average molecular weight is 477 g/mol. The molecule has 0 amide bonds. The number of hydrogen-bond acceptors (Lipinski definition) is 6. The summed E-state index contributed by atoms with van der Waals surface area (Å²) in [7, 11) is 1.45. The van der Waals surface area contributed by atoms with Crippen LogP contribution in [0.1, 0.15) is 92.4 Å². The topological polar surface area (TPSA) is 78.9 Å². The number of esters is 3. The molecule has 0 unspecified atom stereocenters. The lowest BCUT2D eigenvalue weighted by Gasteiger charge is -2.62. The molecule has 4 saturated carbocycles. The van der Waals surface area contributed by atoms with Gasteiger partial charge in [-0.15, -0.1) is 0 Å². The number of carbonyl (C=O) groups is 3. The second-order valence-electron chi connectivity index (χ2n) is 12.3. The lowest BCUT2D eigenvalue weighted by molar-refractivity contribution is -0.198. The van der Waals surface area contributed by atoms with E-state index in [-0.39, 0.29) is 46.9 Å². The van der Waals surface area contributed by atoms with Crippen LogP contribution < -0.4 is 0 Å². The highest BCUT2D eigenvalue weighted by Gasteiger charge is 2.65. The number of methoxy groups -OCH3 is 1. The van der Waals surface area contributed by atoms with Crippen molar-refractivity contribution in [2.45, 2.75) is 105 Å². The molecule has 4 rings (SSSR count). The van der Waals surface area contributed by atoms with Gasteiger partial charge in [-0.3, -0.25) is 14.4 Å². The molecule has 0 aromatic heterocycles. The van der Waals surface area contributed by atoms with Crippen LogP contribution in [-0.4, -0.2) is 37.2 Å². The zero-order valence-corrected chi connectivity index (χ0v) is 21.9. The molecule has 0 radical (unpaired) electrons. The van der Waals surface area contributed by atoms with E-state index in [4.69, 9.17) is 14.2 Å². The maximum absolute atomic E-state index is 12.3. The number of fused-ring (bicyclic) bond motifs is 5. The maximum Gasteiger partial charge on any atom is 0.305 e. The van der Waals surface area contributed by atoms with Crippen LogP contribution in [0.2, 0.25) is 0 Å². The molecule has 192 valence electrons. The fraction of sp³-hybridized carbons (Fsp3) is 0.893. The number of rotatable bonds is 5. The minimum Gasteiger partial charge on any atom is -0.469 e. The summed E-state index contributed by atoms with van der Waals surface area (Å²) < 4.78 is 16.7. The molecule has 0 saturated heterocycles. The highest BCUT2D eigenvalue weighted by Crippen LogP contribution is 2.69. The lowest BCUT2D eigenvalue weighted by Crippen LogP contribution is -2.59. The van der Waals surface area contributed by atoms with Crippen molar-refractivity contribution in [2.24, 2.45) is 46.3 Å². The highest BCUT2D eigenvalue weighted by atomic mass is 16.5. The van der Waals surface area contributed by atoms with Crippen LogP contribution >= 0.6 is 0 Å². The molecule has 34 heavy (non-hydrogen) atoms. The molecule has 0 spiro atoms. The largest absolute Gasteiger partial charge is 0.469 e. The monoisotopic (exact) mass is 476 g/mol. The van der Waals surface area contributed by atoms with Crippen molar-refractivity contribution in [3.05, 3.63) is 0 Å². The lowest BCUT2D eigenvalue weighted by atomic mass is 9.43. The summed E-state index contributed by atoms with van der Waals surface area (Å²) in [6.07, 6.45) is 8.79. The van der Waals surface area contributed by atoms with Crippen LogP contribution in [-0.2, 0) is 28.6 Å². The molecule has 0 heterocycles. The summed E-state index contributed by atoms with van der Waals surface area (Å²) in [5, 5.41) is 0. The van der Waals surface area contributed by atoms with Gasteiger partial charge in [0.05, 0.1) is 7.11 Å². The quantitative estimate of drug-likeness (QED) is 0.395. The van der Waals surface area contributed by atoms with Crippen molar-refractivity contribution in [2.75, 3.05) is 7.11 Å². The molecule has 0 aromatic carbocycles. The SMILES string of the molecule is COC(=O)C[C@@H](C)[C@@H]1CC[C@@H]2[C@@H]3CC[C@@H]4C[C@H](OC(C)=O)CC[C@]4(C)[C@H]3C[C@H](OC(C)=O)[C@]21C. The van der Waals surface area contributed by atoms with E-state index in [1.807, 2.05) is 0 Å². The molecule has 0 N–H and O–H groups in total. The second kappa shape index (κ2) is 9.46. The molecule has 10 atom stereocenters. The summed E-state index contributed by atoms with van der Waals surface area (Å²) >= 11 is 0. The van der Waals surface area contributed by atoms with Crippen LogP contribution in [0.5, 0.6) is 0 Å². The summed E-state index contributed by atoms with van der Waals surface area (Å²) in [4.78, 5) is 35.9. The zero-order chi connectivity index (χ0) is 24.8. The van der Waals surface area contributed by atoms with Crippen molar-refractivity contribution in [1.82, 2.24) is 0 Å². The first-order chi connectivity index (χ1) is 16.0. The smallest absolute Gasteiger partial charge is 0.305 e. The zero-order valence-electron chi connectivity index (χ0n) is 21.9. The van der Waals surface area contributed by atoms with Gasteiger partial charge in [0.15, 0.2) is 0 Å². The van der Waals surface area contributed by atoms with Gasteiger partial charge in [0, 0.05) is 25.7 Å². The first kappa shape index (κ1) is 25.5. The van der Waals surface area contributed by atoms with E-state index in [0.29, 0.717) is 36.0 Å². The number of hydrogen-bond donors (Lipinski definition) is 0. The fourth-order valence-corrected chi connectivity index (χ4v) is 9.32. The molecular formula is C28H44O6. The molecule has 0 aliphatic heterocycles. The van der Waals surface area contributed by atoms with Gasteiger partial charge in [-0.05, 0) is 92.3 Å². The van der Waals surface area contributed by atoms with Gasteiger partial charge in [-0.1, -0.05) is 20.8 Å². The van der Waals surface area contributed by atoms with Crippen LogP contribution in [0.15, 0.2) is 0 Å². The Labute approximate surface area is 204 Å². The van der Waals surface area contributed by atoms with E-state index in [1.165, 1.54) is 33.8 Å². The maximum atomic E-state index is 12.3. The Morgan fingerprint density at radius 1 is 0.912 bits per heavy atom. The molecule has 4 aliphatic rings. The third-order valence-electron chi connectivity index (χ3n) is 10.8. The van der Waals surface area contributed by atoms with Gasteiger partial charge in [0.1, 0.15) is 12.2 Å². The van der Waals surface area contributed by atoms with Crippen LogP contribution in [0.25, 0.3) is 0 Å². The van der Waals surface area contributed by atoms with Crippen molar-refractivity contribution < 1.29 is 28.6 Å². The highest BCUT2D eigenvalue weighted by molar-refractivity contribution is 5.69. The second-order valence-corrected chi connectivity index (χ2v) is 12.3. The van der Waals surface area contributed by atoms with Crippen molar-refractivity contribution >= 4 is 17.9 Å². The first-order valence-electron chi connectivity index (χ1n) is 13.4. The van der Waals surface area contributed by atoms with Crippen molar-refractivity contribution in [3.8, 4) is 0 Å². The number of carbonyl (C=O) groups excluding carboxylic acids is 3. The van der Waals surface area contributed by atoms with E-state index < -0.39 is 0 Å². The Morgan fingerprint density at radius 2 is 1.62 bits per heavy atom. The standard InChI is InChI=1S/C28H44O6/c1-16(13-26(31)32-6)22-9-10-23-21-8-7-19-14-20(33-17(2)29)11-12-27(19,4)24(21)15-25(28(22,23)5)34-18(3)30/h16,19-25H,7-15H2,1-6H3/t16-,19-,20-,21+,22+,23-,24+,25+,27+,28+/m1/s1. The summed E-state index contributed by atoms with van der Waals surface area (Å²) in [5.74, 6) is 2.19. The Balaban J connectivity index is 1.61. The predicted octanol–water partition coefficient (Wildman–Crippen LogP) is 5.32. The Kier molecular flexibility index (Phi) is 7.10. The summed E-state index contributed by atoms with van der Waals surface area (Å²) in [6.45, 7) is 10.0. The van der Waals surface area contributed by atoms with Gasteiger partial charge < -0.3 is 14.2 Å². The summed E-state index contributed by atoms with van der Waals surface area (Å²) in [5.41, 5.74) is 0.0768. The predicted molar refractivity (Wildman–Crippen MR) is 128 cm³/mol. The Bertz CT molecular complexity index is 809. The molecule has 0 bridgehead atoms.